The molecule has 0 unspecified atom stereocenters. The Morgan fingerprint density at radius 3 is 2.74 bits per heavy atom. The molecule has 4 heterocycles. The fraction of sp³-hybridized carbons (Fsp3) is 0.0455. The molecule has 31 heavy (non-hydrogen) atoms. The molecule has 0 atom stereocenters. The van der Waals surface area contributed by atoms with Crippen molar-refractivity contribution in [1.82, 2.24) is 29.4 Å². The first kappa shape index (κ1) is 19.0. The number of halogens is 1. The minimum Gasteiger partial charge on any atom is -0.328 e. The highest BCUT2D eigenvalue weighted by Crippen LogP contribution is 2.30. The zero-order chi connectivity index (χ0) is 21.4. The number of thiocarbonyl (C=S) groups is 1. The molecule has 7 nitrogen and oxygen atoms in total. The molecular formula is C22H16FN7S. The Bertz CT molecular complexity index is 1420. The van der Waals surface area contributed by atoms with Gasteiger partial charge in [-0.3, -0.25) is 4.98 Å². The number of nitrogens with one attached hydrogen (secondary N) is 1. The molecule has 0 radical (unpaired) electrons. The Morgan fingerprint density at radius 1 is 1.03 bits per heavy atom. The molecule has 1 aromatic carbocycles. The molecule has 9 heteroatoms. The van der Waals surface area contributed by atoms with Gasteiger partial charge in [-0.05, 0) is 55.5 Å². The van der Waals surface area contributed by atoms with Gasteiger partial charge in [0.05, 0.1) is 11.4 Å². The van der Waals surface area contributed by atoms with Crippen LogP contribution < -0.4 is 5.32 Å². The summed E-state index contributed by atoms with van der Waals surface area (Å²) in [6.45, 7) is 1.92. The van der Waals surface area contributed by atoms with E-state index in [4.69, 9.17) is 12.2 Å². The van der Waals surface area contributed by atoms with Gasteiger partial charge in [0.2, 0.25) is 0 Å². The topological polar surface area (TPSA) is 72.9 Å². The van der Waals surface area contributed by atoms with Crippen LogP contribution in [0.25, 0.3) is 28.2 Å². The van der Waals surface area contributed by atoms with Crippen molar-refractivity contribution >= 4 is 28.7 Å². The van der Waals surface area contributed by atoms with Crippen LogP contribution >= 0.6 is 12.2 Å². The average Bonchev–Trinajstić information content (AvgIpc) is 3.42. The zero-order valence-corrected chi connectivity index (χ0v) is 17.2. The molecule has 0 aliphatic carbocycles. The molecule has 1 N–H and O–H groups in total. The van der Waals surface area contributed by atoms with Crippen molar-refractivity contribution in [1.29, 1.82) is 0 Å². The van der Waals surface area contributed by atoms with Crippen molar-refractivity contribution in [3.8, 4) is 22.5 Å². The lowest BCUT2D eigenvalue weighted by Crippen LogP contribution is -2.20. The van der Waals surface area contributed by atoms with Crippen molar-refractivity contribution < 1.29 is 4.39 Å². The summed E-state index contributed by atoms with van der Waals surface area (Å²) in [5, 5.41) is 12.0. The molecule has 0 saturated carbocycles. The van der Waals surface area contributed by atoms with Crippen LogP contribution in [0.5, 0.6) is 0 Å². The monoisotopic (exact) mass is 429 g/mol. The van der Waals surface area contributed by atoms with Crippen LogP contribution in [-0.2, 0) is 0 Å². The third-order valence-electron chi connectivity index (χ3n) is 4.75. The van der Waals surface area contributed by atoms with Gasteiger partial charge in [-0.25, -0.2) is 18.6 Å². The third-order valence-corrected chi connectivity index (χ3v) is 5.04. The van der Waals surface area contributed by atoms with Crippen LogP contribution in [-0.4, -0.2) is 34.5 Å². The Hall–Kier alpha value is -3.98. The lowest BCUT2D eigenvalue weighted by Gasteiger charge is -2.08. The van der Waals surface area contributed by atoms with Gasteiger partial charge in [-0.2, -0.15) is 10.2 Å². The summed E-state index contributed by atoms with van der Waals surface area (Å²) < 4.78 is 17.3. The Kier molecular flexibility index (Phi) is 4.72. The van der Waals surface area contributed by atoms with Crippen LogP contribution in [0.15, 0.2) is 73.3 Å². The predicted octanol–water partition coefficient (Wildman–Crippen LogP) is 4.35. The summed E-state index contributed by atoms with van der Waals surface area (Å²) in [6.07, 6.45) is 5.17. The summed E-state index contributed by atoms with van der Waals surface area (Å²) in [7, 11) is 0. The molecule has 5 rings (SSSR count). The van der Waals surface area contributed by atoms with Crippen molar-refractivity contribution in [2.75, 3.05) is 5.32 Å². The lowest BCUT2D eigenvalue weighted by molar-refractivity contribution is 0.632. The van der Waals surface area contributed by atoms with E-state index in [0.717, 1.165) is 22.5 Å². The van der Waals surface area contributed by atoms with Crippen LogP contribution in [0.1, 0.15) is 5.69 Å². The Balaban J connectivity index is 1.61. The van der Waals surface area contributed by atoms with Gasteiger partial charge in [-0.1, -0.05) is 18.2 Å². The first-order valence-corrected chi connectivity index (χ1v) is 9.89. The number of nitrogens with zero attached hydrogens (tertiary/aromatic N) is 6. The first-order valence-electron chi connectivity index (χ1n) is 9.48. The number of anilines is 1. The molecular weight excluding hydrogens is 413 g/mol. The number of benzene rings is 1. The Morgan fingerprint density at radius 2 is 1.90 bits per heavy atom. The molecule has 0 saturated heterocycles. The van der Waals surface area contributed by atoms with E-state index in [1.54, 1.807) is 28.9 Å². The van der Waals surface area contributed by atoms with Gasteiger partial charge >= 0.3 is 0 Å². The number of fused-ring (bicyclic) bond motifs is 1. The maximum atomic E-state index is 14.1. The van der Waals surface area contributed by atoms with E-state index < -0.39 is 5.82 Å². The number of aromatic nitrogens is 6. The maximum Gasteiger partial charge on any atom is 0.198 e. The van der Waals surface area contributed by atoms with E-state index in [1.165, 1.54) is 17.1 Å². The van der Waals surface area contributed by atoms with E-state index >= 15 is 0 Å². The second-order valence-corrected chi connectivity index (χ2v) is 7.28. The third kappa shape index (κ3) is 3.66. The van der Waals surface area contributed by atoms with E-state index in [0.29, 0.717) is 11.4 Å². The molecule has 0 aliphatic heterocycles. The standard InChI is InChI=1S/C22H16FN7S/c1-14-5-4-8-19(26-14)21-16(15-9-10-20-24-13-25-29(20)11-15)12-30(28-21)22(31)27-18-7-3-2-6-17(18)23/h2-13H,1H3,(H,27,31). The molecule has 0 fully saturated rings. The highest BCUT2D eigenvalue weighted by Gasteiger charge is 2.17. The number of para-hydroxylation sites is 1. The van der Waals surface area contributed by atoms with Crippen LogP contribution in [0.3, 0.4) is 0 Å². The smallest absolute Gasteiger partial charge is 0.198 e. The summed E-state index contributed by atoms with van der Waals surface area (Å²) in [6, 6.07) is 15.9. The van der Waals surface area contributed by atoms with E-state index in [2.05, 4.69) is 25.5 Å². The highest BCUT2D eigenvalue weighted by molar-refractivity contribution is 7.80. The number of aryl methyl sites for hydroxylation is 1. The van der Waals surface area contributed by atoms with Gasteiger partial charge < -0.3 is 5.32 Å². The molecule has 5 aromatic rings. The van der Waals surface area contributed by atoms with Gasteiger partial charge in [0.1, 0.15) is 17.8 Å². The maximum absolute atomic E-state index is 14.1. The molecule has 0 bridgehead atoms. The van der Waals surface area contributed by atoms with E-state index in [1.807, 2.05) is 43.5 Å². The number of rotatable bonds is 3. The van der Waals surface area contributed by atoms with Crippen molar-refractivity contribution in [3.63, 3.8) is 0 Å². The molecule has 0 aliphatic rings. The lowest BCUT2D eigenvalue weighted by atomic mass is 10.1. The largest absolute Gasteiger partial charge is 0.328 e. The molecule has 0 amide bonds. The normalized spacial score (nSPS) is 11.0. The predicted molar refractivity (Wildman–Crippen MR) is 120 cm³/mol. The van der Waals surface area contributed by atoms with Crippen molar-refractivity contribution in [2.45, 2.75) is 6.92 Å². The number of pyridine rings is 2. The second kappa shape index (κ2) is 7.69. The zero-order valence-electron chi connectivity index (χ0n) is 16.4. The summed E-state index contributed by atoms with van der Waals surface area (Å²) in [4.78, 5) is 8.80. The van der Waals surface area contributed by atoms with Crippen LogP contribution in [0, 0.1) is 12.7 Å². The molecule has 152 valence electrons. The highest BCUT2D eigenvalue weighted by atomic mass is 32.1. The van der Waals surface area contributed by atoms with Gasteiger partial charge in [0, 0.05) is 29.2 Å². The van der Waals surface area contributed by atoms with Crippen LogP contribution in [0.2, 0.25) is 0 Å². The van der Waals surface area contributed by atoms with Gasteiger partial charge in [-0.15, -0.1) is 0 Å². The van der Waals surface area contributed by atoms with Crippen molar-refractivity contribution in [2.24, 2.45) is 0 Å². The molecule has 4 aromatic heterocycles. The summed E-state index contributed by atoms with van der Waals surface area (Å²) in [5.41, 5.74) is 4.94. The fourth-order valence-corrected chi connectivity index (χ4v) is 3.47. The second-order valence-electron chi connectivity index (χ2n) is 6.89. The number of hydrogen-bond donors (Lipinski definition) is 1. The average molecular weight is 429 g/mol. The molecule has 0 spiro atoms. The SMILES string of the molecule is Cc1cccc(-c2nn(C(=S)Nc3ccccc3F)cc2-c2ccc3ncnn3c2)n1. The van der Waals surface area contributed by atoms with Crippen molar-refractivity contribution in [3.05, 3.63) is 84.8 Å². The summed E-state index contributed by atoms with van der Waals surface area (Å²) >= 11 is 5.50. The minimum atomic E-state index is -0.394. The minimum absolute atomic E-state index is 0.243. The quantitative estimate of drug-likeness (QED) is 0.430. The van der Waals surface area contributed by atoms with Gasteiger partial charge in [0.25, 0.3) is 0 Å². The first-order chi connectivity index (χ1) is 15.1. The number of hydrogen-bond acceptors (Lipinski definition) is 5. The summed E-state index contributed by atoms with van der Waals surface area (Å²) in [5.74, 6) is -0.394. The van der Waals surface area contributed by atoms with E-state index in [-0.39, 0.29) is 10.8 Å². The van der Waals surface area contributed by atoms with E-state index in [9.17, 15) is 4.39 Å². The fourth-order valence-electron chi connectivity index (χ4n) is 3.26. The Labute approximate surface area is 182 Å². The van der Waals surface area contributed by atoms with Crippen LogP contribution in [0.4, 0.5) is 10.1 Å². The van der Waals surface area contributed by atoms with Gasteiger partial charge in [0.15, 0.2) is 10.8 Å².